The summed E-state index contributed by atoms with van der Waals surface area (Å²) in [7, 11) is 1.39. The Bertz CT molecular complexity index is 1060. The van der Waals surface area contributed by atoms with Crippen LogP contribution < -0.4 is 0 Å². The van der Waals surface area contributed by atoms with Gasteiger partial charge in [0.05, 0.1) is 18.2 Å². The maximum Gasteiger partial charge on any atom is 0.337 e. The van der Waals surface area contributed by atoms with Crippen LogP contribution in [-0.2, 0) is 4.74 Å². The van der Waals surface area contributed by atoms with Gasteiger partial charge in [0.1, 0.15) is 5.65 Å². The highest BCUT2D eigenvalue weighted by Gasteiger charge is 2.12. The number of rotatable bonds is 2. The molecule has 132 valence electrons. The van der Waals surface area contributed by atoms with Crippen LogP contribution in [0.2, 0.25) is 0 Å². The molecule has 2 aromatic carbocycles. The van der Waals surface area contributed by atoms with Crippen LogP contribution in [0.4, 0.5) is 0 Å². The molecular weight excluding hydrogens is 324 g/mol. The molecule has 0 spiro atoms. The number of aryl methyl sites for hydroxylation is 1. The Balaban J connectivity index is 0.000000948. The molecule has 0 aliphatic carbocycles. The van der Waals surface area contributed by atoms with E-state index in [4.69, 9.17) is 4.74 Å². The van der Waals surface area contributed by atoms with Crippen molar-refractivity contribution in [1.82, 2.24) is 9.38 Å². The number of hydrogen-bond acceptors (Lipinski definition) is 3. The molecule has 0 amide bonds. The van der Waals surface area contributed by atoms with Gasteiger partial charge in [0.2, 0.25) is 0 Å². The van der Waals surface area contributed by atoms with Crippen LogP contribution in [-0.4, -0.2) is 22.5 Å². The number of carbonyl (C=O) groups is 1. The van der Waals surface area contributed by atoms with Crippen LogP contribution in [0.5, 0.6) is 0 Å². The average Bonchev–Trinajstić information content (AvgIpc) is 3.17. The molecule has 4 aromatic rings. The first kappa shape index (κ1) is 17.7. The number of fused-ring (bicyclic) bond motifs is 3. The van der Waals surface area contributed by atoms with Crippen molar-refractivity contribution in [2.75, 3.05) is 7.11 Å². The molecule has 0 saturated carbocycles. The number of hydrogen-bond donors (Lipinski definition) is 0. The Kier molecular flexibility index (Phi) is 5.03. The second-order valence-electron chi connectivity index (χ2n) is 5.80. The number of aromatic nitrogens is 2. The summed E-state index contributed by atoms with van der Waals surface area (Å²) in [6.07, 6.45) is 3.66. The molecule has 0 fully saturated rings. The van der Waals surface area contributed by atoms with Crippen LogP contribution in [0.25, 0.3) is 27.7 Å². The zero-order valence-corrected chi connectivity index (χ0v) is 15.5. The van der Waals surface area contributed by atoms with Gasteiger partial charge in [0.15, 0.2) is 0 Å². The molecule has 0 saturated heterocycles. The lowest BCUT2D eigenvalue weighted by Crippen LogP contribution is -2.02. The van der Waals surface area contributed by atoms with E-state index < -0.39 is 0 Å². The van der Waals surface area contributed by atoms with Gasteiger partial charge < -0.3 is 4.74 Å². The predicted molar refractivity (Wildman–Crippen MR) is 106 cm³/mol. The third-order valence-electron chi connectivity index (χ3n) is 4.27. The second-order valence-corrected chi connectivity index (χ2v) is 5.80. The molecule has 4 heteroatoms. The largest absolute Gasteiger partial charge is 0.465 e. The number of benzene rings is 2. The zero-order valence-electron chi connectivity index (χ0n) is 15.5. The van der Waals surface area contributed by atoms with E-state index in [1.807, 2.05) is 36.6 Å². The van der Waals surface area contributed by atoms with Crippen molar-refractivity contribution in [1.29, 1.82) is 0 Å². The van der Waals surface area contributed by atoms with Crippen molar-refractivity contribution in [3.63, 3.8) is 0 Å². The quantitative estimate of drug-likeness (QED) is 0.464. The smallest absolute Gasteiger partial charge is 0.337 e. The number of ether oxygens (including phenoxy) is 1. The highest BCUT2D eigenvalue weighted by atomic mass is 16.5. The van der Waals surface area contributed by atoms with Crippen LogP contribution in [0, 0.1) is 6.92 Å². The monoisotopic (exact) mass is 346 g/mol. The van der Waals surface area contributed by atoms with E-state index in [1.165, 1.54) is 12.7 Å². The van der Waals surface area contributed by atoms with E-state index in [9.17, 15) is 4.79 Å². The Labute approximate surface area is 153 Å². The average molecular weight is 346 g/mol. The van der Waals surface area contributed by atoms with Crippen molar-refractivity contribution in [2.45, 2.75) is 20.8 Å². The minimum absolute atomic E-state index is 0.342. The molecule has 0 unspecified atom stereocenters. The molecule has 0 bridgehead atoms. The second kappa shape index (κ2) is 7.40. The van der Waals surface area contributed by atoms with Gasteiger partial charge in [0.25, 0.3) is 0 Å². The molecule has 0 aliphatic rings. The van der Waals surface area contributed by atoms with E-state index in [0.717, 1.165) is 27.7 Å². The molecular formula is C22H22N2O2. The van der Waals surface area contributed by atoms with Gasteiger partial charge in [-0.25, -0.2) is 9.78 Å². The SMILES string of the molecule is CC.COC(=O)c1ccc2c(-c3ccc(C)cc3)cc3nccn3c2c1. The Morgan fingerprint density at radius 2 is 1.77 bits per heavy atom. The lowest BCUT2D eigenvalue weighted by Gasteiger charge is -2.11. The topological polar surface area (TPSA) is 43.6 Å². The molecule has 4 rings (SSSR count). The minimum atomic E-state index is -0.342. The maximum atomic E-state index is 11.9. The normalized spacial score (nSPS) is 10.5. The summed E-state index contributed by atoms with van der Waals surface area (Å²) in [6, 6.07) is 16.1. The van der Waals surface area contributed by atoms with Gasteiger partial charge in [-0.15, -0.1) is 0 Å². The number of esters is 1. The summed E-state index contributed by atoms with van der Waals surface area (Å²) in [5, 5.41) is 1.07. The molecule has 0 N–H and O–H groups in total. The zero-order chi connectivity index (χ0) is 18.7. The van der Waals surface area contributed by atoms with E-state index in [0.29, 0.717) is 5.56 Å². The van der Waals surface area contributed by atoms with Crippen molar-refractivity contribution in [3.05, 3.63) is 72.1 Å². The number of imidazole rings is 1. The number of carbonyl (C=O) groups excluding carboxylic acids is 1. The first-order valence-electron chi connectivity index (χ1n) is 8.72. The van der Waals surface area contributed by atoms with E-state index >= 15 is 0 Å². The number of methoxy groups -OCH3 is 1. The van der Waals surface area contributed by atoms with Crippen molar-refractivity contribution in [3.8, 4) is 11.1 Å². The Hall–Kier alpha value is -3.14. The van der Waals surface area contributed by atoms with E-state index in [1.54, 1.807) is 12.3 Å². The molecule has 2 aromatic heterocycles. The van der Waals surface area contributed by atoms with Gasteiger partial charge in [-0.3, -0.25) is 4.40 Å². The molecule has 0 aliphatic heterocycles. The molecule has 0 atom stereocenters. The maximum absolute atomic E-state index is 11.9. The van der Waals surface area contributed by atoms with E-state index in [2.05, 4.69) is 42.2 Å². The van der Waals surface area contributed by atoms with Crippen molar-refractivity contribution < 1.29 is 9.53 Å². The number of nitrogens with zero attached hydrogens (tertiary/aromatic N) is 2. The lowest BCUT2D eigenvalue weighted by molar-refractivity contribution is 0.0601. The van der Waals surface area contributed by atoms with Crippen molar-refractivity contribution in [2.24, 2.45) is 0 Å². The van der Waals surface area contributed by atoms with Gasteiger partial charge >= 0.3 is 5.97 Å². The Morgan fingerprint density at radius 1 is 1.04 bits per heavy atom. The third-order valence-corrected chi connectivity index (χ3v) is 4.27. The lowest BCUT2D eigenvalue weighted by atomic mass is 9.99. The fourth-order valence-corrected chi connectivity index (χ4v) is 3.01. The summed E-state index contributed by atoms with van der Waals surface area (Å²) in [6.45, 7) is 6.07. The van der Waals surface area contributed by atoms with Gasteiger partial charge in [-0.05, 0) is 36.2 Å². The van der Waals surface area contributed by atoms with Crippen LogP contribution >= 0.6 is 0 Å². The summed E-state index contributed by atoms with van der Waals surface area (Å²) in [5.41, 5.74) is 5.75. The fourth-order valence-electron chi connectivity index (χ4n) is 3.01. The summed E-state index contributed by atoms with van der Waals surface area (Å²) in [4.78, 5) is 16.3. The molecule has 4 nitrogen and oxygen atoms in total. The molecule has 0 radical (unpaired) electrons. The van der Waals surface area contributed by atoms with Crippen molar-refractivity contribution >= 4 is 22.5 Å². The van der Waals surface area contributed by atoms with Gasteiger partial charge in [0, 0.05) is 17.8 Å². The van der Waals surface area contributed by atoms with E-state index in [-0.39, 0.29) is 5.97 Å². The number of pyridine rings is 1. The first-order valence-corrected chi connectivity index (χ1v) is 8.72. The predicted octanol–water partition coefficient (Wildman–Crippen LogP) is 5.28. The Morgan fingerprint density at radius 3 is 2.46 bits per heavy atom. The fraction of sp³-hybridized carbons (Fsp3) is 0.182. The third kappa shape index (κ3) is 3.06. The minimum Gasteiger partial charge on any atom is -0.465 e. The summed E-state index contributed by atoms with van der Waals surface area (Å²) >= 11 is 0. The van der Waals surface area contributed by atoms with Crippen LogP contribution in [0.15, 0.2) is 60.9 Å². The van der Waals surface area contributed by atoms with Gasteiger partial charge in [-0.2, -0.15) is 0 Å². The standard InChI is InChI=1S/C20H16N2O2.C2H6/c1-13-3-5-14(6-4-13)17-12-19-21-9-10-22(19)18-11-15(20(23)24-2)7-8-16(17)18;1-2/h3-12H,1-2H3;1-2H3. The summed E-state index contributed by atoms with van der Waals surface area (Å²) in [5.74, 6) is -0.342. The van der Waals surface area contributed by atoms with Crippen LogP contribution in [0.3, 0.4) is 0 Å². The molecule has 2 heterocycles. The first-order chi connectivity index (χ1) is 12.7. The highest BCUT2D eigenvalue weighted by Crippen LogP contribution is 2.31. The summed E-state index contributed by atoms with van der Waals surface area (Å²) < 4.78 is 6.83. The van der Waals surface area contributed by atoms with Gasteiger partial charge in [-0.1, -0.05) is 49.7 Å². The molecule has 26 heavy (non-hydrogen) atoms. The van der Waals surface area contributed by atoms with Crippen LogP contribution in [0.1, 0.15) is 29.8 Å². The highest BCUT2D eigenvalue weighted by molar-refractivity contribution is 6.01.